The van der Waals surface area contributed by atoms with Gasteiger partial charge in [0.15, 0.2) is 0 Å². The fourth-order valence-electron chi connectivity index (χ4n) is 3.26. The first-order valence-corrected chi connectivity index (χ1v) is 8.42. The second-order valence-electron chi connectivity index (χ2n) is 6.07. The van der Waals surface area contributed by atoms with E-state index in [0.717, 1.165) is 30.4 Å². The zero-order chi connectivity index (χ0) is 16.2. The van der Waals surface area contributed by atoms with E-state index >= 15 is 0 Å². The number of halogens is 2. The molecule has 128 valence electrons. The third kappa shape index (κ3) is 4.10. The summed E-state index contributed by atoms with van der Waals surface area (Å²) < 4.78 is 0. The van der Waals surface area contributed by atoms with Gasteiger partial charge in [-0.05, 0) is 48.6 Å². The van der Waals surface area contributed by atoms with Crippen LogP contribution >= 0.6 is 24.0 Å². The van der Waals surface area contributed by atoms with E-state index in [9.17, 15) is 4.79 Å². The molecule has 0 heterocycles. The number of carbonyl (C=O) groups is 1. The van der Waals surface area contributed by atoms with E-state index in [-0.39, 0.29) is 24.4 Å². The number of carbonyl (C=O) groups excluding carboxylic acids is 1. The number of hydrogen-bond donors (Lipinski definition) is 2. The van der Waals surface area contributed by atoms with E-state index in [2.05, 4.69) is 5.32 Å². The van der Waals surface area contributed by atoms with Gasteiger partial charge in [-0.25, -0.2) is 0 Å². The highest BCUT2D eigenvalue weighted by molar-refractivity contribution is 6.34. The van der Waals surface area contributed by atoms with Crippen LogP contribution in [0.5, 0.6) is 0 Å². The summed E-state index contributed by atoms with van der Waals surface area (Å²) in [4.78, 5) is 12.6. The molecule has 2 aromatic rings. The standard InChI is InChI=1S/C19H21ClN2O.ClH/c20-17-10-9-14(13-5-2-1-3-6-13)11-16(17)19(23)22-18-8-4-7-15(18)12-21;/h1-3,5-6,9-11,15,18H,4,7-8,12,21H2,(H,22,23);1H. The summed E-state index contributed by atoms with van der Waals surface area (Å²) in [5.41, 5.74) is 8.37. The molecule has 1 aliphatic carbocycles. The predicted molar refractivity (Wildman–Crippen MR) is 102 cm³/mol. The van der Waals surface area contributed by atoms with Crippen LogP contribution in [0.2, 0.25) is 5.02 Å². The number of nitrogens with one attached hydrogen (secondary N) is 1. The van der Waals surface area contributed by atoms with Crippen LogP contribution in [0.15, 0.2) is 48.5 Å². The Balaban J connectivity index is 0.00000208. The highest BCUT2D eigenvalue weighted by Crippen LogP contribution is 2.28. The number of amides is 1. The molecule has 1 saturated carbocycles. The van der Waals surface area contributed by atoms with Gasteiger partial charge in [0.25, 0.3) is 5.91 Å². The lowest BCUT2D eigenvalue weighted by Gasteiger charge is -2.20. The van der Waals surface area contributed by atoms with Crippen molar-refractivity contribution in [2.24, 2.45) is 11.7 Å². The van der Waals surface area contributed by atoms with Crippen molar-refractivity contribution in [3.63, 3.8) is 0 Å². The summed E-state index contributed by atoms with van der Waals surface area (Å²) in [5, 5.41) is 3.59. The van der Waals surface area contributed by atoms with Crippen molar-refractivity contribution in [2.45, 2.75) is 25.3 Å². The lowest BCUT2D eigenvalue weighted by Crippen LogP contribution is -2.40. The molecule has 3 rings (SSSR count). The Morgan fingerprint density at radius 2 is 1.88 bits per heavy atom. The maximum atomic E-state index is 12.6. The highest BCUT2D eigenvalue weighted by atomic mass is 35.5. The lowest BCUT2D eigenvalue weighted by atomic mass is 10.0. The Morgan fingerprint density at radius 1 is 1.12 bits per heavy atom. The van der Waals surface area contributed by atoms with Gasteiger partial charge in [0.05, 0.1) is 10.6 Å². The average molecular weight is 365 g/mol. The summed E-state index contributed by atoms with van der Waals surface area (Å²) >= 11 is 6.25. The third-order valence-corrected chi connectivity index (χ3v) is 4.93. The van der Waals surface area contributed by atoms with Gasteiger partial charge < -0.3 is 11.1 Å². The molecule has 0 aromatic heterocycles. The van der Waals surface area contributed by atoms with Crippen molar-refractivity contribution < 1.29 is 4.79 Å². The number of rotatable bonds is 4. The second-order valence-corrected chi connectivity index (χ2v) is 6.47. The Bertz CT molecular complexity index is 691. The van der Waals surface area contributed by atoms with Crippen molar-refractivity contribution in [3.8, 4) is 11.1 Å². The molecule has 2 aromatic carbocycles. The van der Waals surface area contributed by atoms with Crippen molar-refractivity contribution in [3.05, 3.63) is 59.1 Å². The molecular formula is C19H22Cl2N2O. The fourth-order valence-corrected chi connectivity index (χ4v) is 3.47. The Morgan fingerprint density at radius 3 is 2.58 bits per heavy atom. The Hall–Kier alpha value is -1.55. The first-order chi connectivity index (χ1) is 11.2. The van der Waals surface area contributed by atoms with Crippen LogP contribution in [-0.4, -0.2) is 18.5 Å². The van der Waals surface area contributed by atoms with E-state index in [1.165, 1.54) is 0 Å². The molecule has 1 aliphatic rings. The Labute approximate surface area is 154 Å². The topological polar surface area (TPSA) is 55.1 Å². The van der Waals surface area contributed by atoms with Crippen molar-refractivity contribution in [2.75, 3.05) is 6.54 Å². The zero-order valence-corrected chi connectivity index (χ0v) is 14.9. The van der Waals surface area contributed by atoms with Gasteiger partial charge >= 0.3 is 0 Å². The molecule has 0 aliphatic heterocycles. The van der Waals surface area contributed by atoms with Crippen LogP contribution in [0.1, 0.15) is 29.6 Å². The van der Waals surface area contributed by atoms with Crippen LogP contribution in [0.25, 0.3) is 11.1 Å². The number of hydrogen-bond acceptors (Lipinski definition) is 2. The first kappa shape index (κ1) is 18.8. The van der Waals surface area contributed by atoms with Gasteiger partial charge in [-0.1, -0.05) is 54.4 Å². The van der Waals surface area contributed by atoms with E-state index in [4.69, 9.17) is 17.3 Å². The van der Waals surface area contributed by atoms with Gasteiger partial charge in [0.2, 0.25) is 0 Å². The van der Waals surface area contributed by atoms with Crippen molar-refractivity contribution in [1.82, 2.24) is 5.32 Å². The van der Waals surface area contributed by atoms with Crippen molar-refractivity contribution in [1.29, 1.82) is 0 Å². The second kappa shape index (κ2) is 8.52. The van der Waals surface area contributed by atoms with Crippen LogP contribution < -0.4 is 11.1 Å². The molecular weight excluding hydrogens is 343 g/mol. The third-order valence-electron chi connectivity index (χ3n) is 4.60. The summed E-state index contributed by atoms with van der Waals surface area (Å²) in [7, 11) is 0. The summed E-state index contributed by atoms with van der Waals surface area (Å²) in [5.74, 6) is 0.258. The smallest absolute Gasteiger partial charge is 0.253 e. The van der Waals surface area contributed by atoms with Crippen LogP contribution in [0, 0.1) is 5.92 Å². The minimum Gasteiger partial charge on any atom is -0.349 e. The molecule has 2 unspecified atom stereocenters. The van der Waals surface area contributed by atoms with Gasteiger partial charge in [0, 0.05) is 6.04 Å². The summed E-state index contributed by atoms with van der Waals surface area (Å²) in [6.07, 6.45) is 3.19. The number of benzene rings is 2. The molecule has 3 N–H and O–H groups in total. The van der Waals surface area contributed by atoms with E-state index in [1.807, 2.05) is 42.5 Å². The van der Waals surface area contributed by atoms with E-state index in [0.29, 0.717) is 23.0 Å². The fraction of sp³-hybridized carbons (Fsp3) is 0.316. The minimum absolute atomic E-state index is 0. The average Bonchev–Trinajstić information content (AvgIpc) is 3.03. The normalized spacial score (nSPS) is 19.6. The molecule has 2 atom stereocenters. The molecule has 0 bridgehead atoms. The number of nitrogens with two attached hydrogens (primary N) is 1. The predicted octanol–water partition coefficient (Wildman–Crippen LogP) is 4.29. The molecule has 3 nitrogen and oxygen atoms in total. The summed E-state index contributed by atoms with van der Waals surface area (Å²) in [6, 6.07) is 15.7. The monoisotopic (exact) mass is 364 g/mol. The van der Waals surface area contributed by atoms with E-state index in [1.54, 1.807) is 6.07 Å². The van der Waals surface area contributed by atoms with Crippen LogP contribution in [0.3, 0.4) is 0 Å². The molecule has 5 heteroatoms. The SMILES string of the molecule is Cl.NCC1CCCC1NC(=O)c1cc(-c2ccccc2)ccc1Cl. The maximum Gasteiger partial charge on any atom is 0.253 e. The van der Waals surface area contributed by atoms with E-state index < -0.39 is 0 Å². The van der Waals surface area contributed by atoms with Crippen LogP contribution in [0.4, 0.5) is 0 Å². The molecule has 0 radical (unpaired) electrons. The van der Waals surface area contributed by atoms with Crippen LogP contribution in [-0.2, 0) is 0 Å². The highest BCUT2D eigenvalue weighted by Gasteiger charge is 2.28. The minimum atomic E-state index is -0.113. The zero-order valence-electron chi connectivity index (χ0n) is 13.4. The maximum absolute atomic E-state index is 12.6. The first-order valence-electron chi connectivity index (χ1n) is 8.05. The largest absolute Gasteiger partial charge is 0.349 e. The quantitative estimate of drug-likeness (QED) is 0.850. The van der Waals surface area contributed by atoms with Crippen molar-refractivity contribution >= 4 is 29.9 Å². The molecule has 1 amide bonds. The summed E-state index contributed by atoms with van der Waals surface area (Å²) in [6.45, 7) is 0.614. The van der Waals surface area contributed by atoms with Gasteiger partial charge in [-0.15, -0.1) is 12.4 Å². The van der Waals surface area contributed by atoms with Gasteiger partial charge in [-0.3, -0.25) is 4.79 Å². The molecule has 1 fully saturated rings. The lowest BCUT2D eigenvalue weighted by molar-refractivity contribution is 0.0929. The molecule has 0 saturated heterocycles. The Kier molecular flexibility index (Phi) is 6.67. The molecule has 24 heavy (non-hydrogen) atoms. The molecule has 0 spiro atoms. The van der Waals surface area contributed by atoms with Gasteiger partial charge in [-0.2, -0.15) is 0 Å². The van der Waals surface area contributed by atoms with Gasteiger partial charge in [0.1, 0.15) is 0 Å².